The molecule has 0 unspecified atom stereocenters. The molecule has 0 radical (unpaired) electrons. The Labute approximate surface area is 288 Å². The molecule has 0 bridgehead atoms. The highest BCUT2D eigenvalue weighted by atomic mass is 15.0. The molecule has 0 spiro atoms. The molecule has 0 saturated carbocycles. The van der Waals surface area contributed by atoms with Crippen LogP contribution in [0.1, 0.15) is 11.1 Å². The van der Waals surface area contributed by atoms with Gasteiger partial charge in [0.15, 0.2) is 5.69 Å². The van der Waals surface area contributed by atoms with Gasteiger partial charge >= 0.3 is 0 Å². The number of hydrogen-bond acceptors (Lipinski definition) is 2. The maximum atomic E-state index is 10.1. The van der Waals surface area contributed by atoms with Crippen molar-refractivity contribution in [3.63, 3.8) is 0 Å². The number of hydrogen-bond donors (Lipinski definition) is 0. The van der Waals surface area contributed by atoms with E-state index in [0.29, 0.717) is 16.8 Å². The number of nitriles is 2. The van der Waals surface area contributed by atoms with Gasteiger partial charge < -0.3 is 9.13 Å². The van der Waals surface area contributed by atoms with Crippen molar-refractivity contribution in [2.75, 3.05) is 0 Å². The maximum Gasteiger partial charge on any atom is 0.189 e. The molecule has 7 aromatic carbocycles. The van der Waals surface area contributed by atoms with Gasteiger partial charge in [0.2, 0.25) is 0 Å². The molecule has 0 saturated heterocycles. The summed E-state index contributed by atoms with van der Waals surface area (Å²) in [6.07, 6.45) is 0. The Morgan fingerprint density at radius 2 is 1.10 bits per heavy atom. The molecule has 0 atom stereocenters. The minimum absolute atomic E-state index is 0.570. The first-order valence-corrected chi connectivity index (χ1v) is 16.3. The minimum Gasteiger partial charge on any atom is -0.310 e. The van der Waals surface area contributed by atoms with E-state index in [2.05, 4.69) is 86.8 Å². The molecule has 2 heterocycles. The number of benzene rings is 7. The first-order valence-electron chi connectivity index (χ1n) is 16.3. The SMILES string of the molecule is [C-]#[N+]c1ccc2c3ccccc3n(-c3cccc(-c4ccccc4-c4cc(C#N)ccc4-n4c5ccccc5c5cc(C#N)ccc54)c3)c2c1. The average molecular weight is 636 g/mol. The van der Waals surface area contributed by atoms with Crippen molar-refractivity contribution >= 4 is 49.3 Å². The summed E-state index contributed by atoms with van der Waals surface area (Å²) in [4.78, 5) is 3.72. The van der Waals surface area contributed by atoms with Crippen molar-refractivity contribution in [2.45, 2.75) is 0 Å². The normalized spacial score (nSPS) is 11.1. The van der Waals surface area contributed by atoms with Crippen LogP contribution in [0.25, 0.3) is 82.1 Å². The van der Waals surface area contributed by atoms with E-state index in [9.17, 15) is 10.5 Å². The molecule has 9 rings (SSSR count). The summed E-state index contributed by atoms with van der Waals surface area (Å²) in [5, 5.41) is 24.0. The second-order valence-corrected chi connectivity index (χ2v) is 12.3. The summed E-state index contributed by atoms with van der Waals surface area (Å²) in [5.74, 6) is 0. The summed E-state index contributed by atoms with van der Waals surface area (Å²) in [6, 6.07) is 55.7. The van der Waals surface area contributed by atoms with E-state index in [1.54, 1.807) is 0 Å². The fourth-order valence-electron chi connectivity index (χ4n) is 7.41. The highest BCUT2D eigenvalue weighted by Crippen LogP contribution is 2.41. The van der Waals surface area contributed by atoms with Gasteiger partial charge in [0, 0.05) is 38.3 Å². The van der Waals surface area contributed by atoms with Gasteiger partial charge in [0.25, 0.3) is 0 Å². The van der Waals surface area contributed by atoms with E-state index >= 15 is 0 Å². The van der Waals surface area contributed by atoms with Crippen molar-refractivity contribution in [2.24, 2.45) is 0 Å². The Morgan fingerprint density at radius 1 is 0.460 bits per heavy atom. The van der Waals surface area contributed by atoms with Crippen molar-refractivity contribution in [3.8, 4) is 45.8 Å². The van der Waals surface area contributed by atoms with Crippen LogP contribution in [0, 0.1) is 29.2 Å². The first-order chi connectivity index (χ1) is 24.7. The summed E-state index contributed by atoms with van der Waals surface area (Å²) in [6.45, 7) is 7.67. The third-order valence-corrected chi connectivity index (χ3v) is 9.59. The maximum absolute atomic E-state index is 10.1. The van der Waals surface area contributed by atoms with Crippen molar-refractivity contribution < 1.29 is 0 Å². The van der Waals surface area contributed by atoms with E-state index in [0.717, 1.165) is 77.2 Å². The number of fused-ring (bicyclic) bond motifs is 6. The van der Waals surface area contributed by atoms with E-state index in [4.69, 9.17) is 6.57 Å². The van der Waals surface area contributed by atoms with Crippen molar-refractivity contribution in [3.05, 3.63) is 174 Å². The third kappa shape index (κ3) is 4.38. The lowest BCUT2D eigenvalue weighted by atomic mass is 9.92. The van der Waals surface area contributed by atoms with Gasteiger partial charge in [-0.2, -0.15) is 10.5 Å². The number of para-hydroxylation sites is 2. The monoisotopic (exact) mass is 635 g/mol. The molecular formula is C45H25N5. The van der Waals surface area contributed by atoms with Crippen LogP contribution in [0.4, 0.5) is 5.69 Å². The van der Waals surface area contributed by atoms with E-state index in [-0.39, 0.29) is 0 Å². The summed E-state index contributed by atoms with van der Waals surface area (Å²) < 4.78 is 4.48. The molecule has 0 aliphatic heterocycles. The standard InChI is InChI=1S/C45H25N5/c1-48-32-19-20-38-36-13-4-6-15-41(36)49(45(38)26-32)33-10-8-9-31(25-33)34-11-2-3-12-35(34)39-23-29(27-46)17-21-43(39)50-42-16-7-5-14-37(42)40-24-30(28-47)18-22-44(40)50/h2-26H. The zero-order valence-corrected chi connectivity index (χ0v) is 26.7. The first kappa shape index (κ1) is 28.8. The zero-order valence-electron chi connectivity index (χ0n) is 26.7. The minimum atomic E-state index is 0.570. The lowest BCUT2D eigenvalue weighted by Gasteiger charge is -2.18. The average Bonchev–Trinajstić information content (AvgIpc) is 3.69. The molecule has 5 nitrogen and oxygen atoms in total. The Bertz CT molecular complexity index is 2970. The van der Waals surface area contributed by atoms with Gasteiger partial charge in [0.1, 0.15) is 0 Å². The van der Waals surface area contributed by atoms with Gasteiger partial charge in [-0.15, -0.1) is 0 Å². The van der Waals surface area contributed by atoms with Gasteiger partial charge in [-0.3, -0.25) is 0 Å². The largest absolute Gasteiger partial charge is 0.310 e. The summed E-state index contributed by atoms with van der Waals surface area (Å²) in [5.41, 5.74) is 11.8. The number of aromatic nitrogens is 2. The van der Waals surface area contributed by atoms with E-state index < -0.39 is 0 Å². The smallest absolute Gasteiger partial charge is 0.189 e. The molecule has 0 aliphatic carbocycles. The van der Waals surface area contributed by atoms with E-state index in [1.807, 2.05) is 91.0 Å². The Morgan fingerprint density at radius 3 is 1.88 bits per heavy atom. The Kier molecular flexibility index (Phi) is 6.56. The summed E-state index contributed by atoms with van der Waals surface area (Å²) in [7, 11) is 0. The quantitative estimate of drug-likeness (QED) is 0.181. The van der Waals surface area contributed by atoms with Crippen LogP contribution in [0.5, 0.6) is 0 Å². The Balaban J connectivity index is 1.29. The van der Waals surface area contributed by atoms with Crippen LogP contribution in [0.3, 0.4) is 0 Å². The number of rotatable bonds is 4. The predicted octanol–water partition coefficient (Wildman–Crippen LogP) is 11.5. The van der Waals surface area contributed by atoms with Crippen LogP contribution in [0.15, 0.2) is 152 Å². The molecule has 0 N–H and O–H groups in total. The highest BCUT2D eigenvalue weighted by Gasteiger charge is 2.19. The van der Waals surface area contributed by atoms with Crippen LogP contribution in [-0.2, 0) is 0 Å². The fraction of sp³-hybridized carbons (Fsp3) is 0. The molecule has 0 amide bonds. The van der Waals surface area contributed by atoms with Crippen molar-refractivity contribution in [1.29, 1.82) is 10.5 Å². The van der Waals surface area contributed by atoms with E-state index in [1.165, 1.54) is 0 Å². The highest BCUT2D eigenvalue weighted by molar-refractivity contribution is 6.11. The Hall–Kier alpha value is -7.39. The fourth-order valence-corrected chi connectivity index (χ4v) is 7.41. The summed E-state index contributed by atoms with van der Waals surface area (Å²) >= 11 is 0. The predicted molar refractivity (Wildman–Crippen MR) is 202 cm³/mol. The molecule has 2 aromatic heterocycles. The second kappa shape index (κ2) is 11.4. The van der Waals surface area contributed by atoms with Crippen LogP contribution in [0.2, 0.25) is 0 Å². The lowest BCUT2D eigenvalue weighted by Crippen LogP contribution is -1.99. The second-order valence-electron chi connectivity index (χ2n) is 12.3. The number of nitrogens with zero attached hydrogens (tertiary/aromatic N) is 5. The zero-order chi connectivity index (χ0) is 33.8. The lowest BCUT2D eigenvalue weighted by molar-refractivity contribution is 1.18. The molecule has 0 fully saturated rings. The van der Waals surface area contributed by atoms with Crippen LogP contribution in [-0.4, -0.2) is 9.13 Å². The van der Waals surface area contributed by atoms with Gasteiger partial charge in [-0.1, -0.05) is 84.9 Å². The van der Waals surface area contributed by atoms with Gasteiger partial charge in [-0.05, 0) is 83.4 Å². The topological polar surface area (TPSA) is 61.8 Å². The molecule has 5 heteroatoms. The van der Waals surface area contributed by atoms with Gasteiger partial charge in [-0.25, -0.2) is 4.85 Å². The van der Waals surface area contributed by atoms with Crippen molar-refractivity contribution in [1.82, 2.24) is 9.13 Å². The van der Waals surface area contributed by atoms with Crippen LogP contribution < -0.4 is 0 Å². The molecule has 50 heavy (non-hydrogen) atoms. The molecule has 9 aromatic rings. The van der Waals surface area contributed by atoms with Crippen LogP contribution >= 0.6 is 0 Å². The molecule has 0 aliphatic rings. The molecule has 230 valence electrons. The van der Waals surface area contributed by atoms with Gasteiger partial charge in [0.05, 0.1) is 52.1 Å². The molecular weight excluding hydrogens is 611 g/mol. The third-order valence-electron chi connectivity index (χ3n) is 9.59.